The number of halogens is 5. The first-order valence-corrected chi connectivity index (χ1v) is 16.9. The fraction of sp³-hybridized carbons (Fsp3) is 0.242. The summed E-state index contributed by atoms with van der Waals surface area (Å²) in [5.74, 6) is -6.55. The second-order valence-corrected chi connectivity index (χ2v) is 14.3. The van der Waals surface area contributed by atoms with Gasteiger partial charge >= 0.3 is 24.2 Å². The van der Waals surface area contributed by atoms with Crippen LogP contribution in [0.15, 0.2) is 71.8 Å². The number of esters is 2. The fourth-order valence-electron chi connectivity index (χ4n) is 4.92. The molecule has 2 atom stereocenters. The van der Waals surface area contributed by atoms with Gasteiger partial charge in [-0.15, -0.1) is 0 Å². The zero-order chi connectivity index (χ0) is 38.5. The first-order valence-electron chi connectivity index (χ1n) is 15.0. The highest BCUT2D eigenvalue weighted by Gasteiger charge is 2.43. The van der Waals surface area contributed by atoms with E-state index in [1.807, 2.05) is 0 Å². The number of nitrogens with one attached hydrogen (secondary N) is 3. The zero-order valence-corrected chi connectivity index (χ0v) is 29.0. The molecular weight excluding hydrogens is 738 g/mol. The Morgan fingerprint density at radius 1 is 0.962 bits per heavy atom. The molecule has 1 heterocycles. The summed E-state index contributed by atoms with van der Waals surface area (Å²) in [6.45, 7) is 2.64. The van der Waals surface area contributed by atoms with Crippen molar-refractivity contribution in [1.82, 2.24) is 10.3 Å². The number of nitrogens with two attached hydrogens (primary N) is 1. The number of amides is 2. The number of fused-ring (bicyclic) bond motifs is 1. The number of carbonyl (C=O) groups is 4. The van der Waals surface area contributed by atoms with Crippen LogP contribution in [0.25, 0.3) is 10.8 Å². The molecule has 0 bridgehead atoms. The number of benzene rings is 3. The van der Waals surface area contributed by atoms with Gasteiger partial charge < -0.3 is 25.8 Å². The van der Waals surface area contributed by atoms with Crippen LogP contribution in [-0.4, -0.2) is 55.9 Å². The lowest BCUT2D eigenvalue weighted by Gasteiger charge is -2.27. The van der Waals surface area contributed by atoms with E-state index in [-0.39, 0.29) is 27.8 Å². The van der Waals surface area contributed by atoms with Gasteiger partial charge in [0, 0.05) is 33.5 Å². The molecule has 0 saturated heterocycles. The lowest BCUT2D eigenvalue weighted by molar-refractivity contribution is -0.202. The molecule has 276 valence electrons. The Labute approximate surface area is 298 Å². The number of methoxy groups -OCH3 is 1. The molecule has 0 aliphatic carbocycles. The number of hydrogen-bond donors (Lipinski definition) is 4. The van der Waals surface area contributed by atoms with Gasteiger partial charge in [0.15, 0.2) is 9.84 Å². The predicted molar refractivity (Wildman–Crippen MR) is 181 cm³/mol. The van der Waals surface area contributed by atoms with Crippen molar-refractivity contribution < 1.29 is 54.6 Å². The van der Waals surface area contributed by atoms with Crippen LogP contribution in [0, 0.1) is 5.82 Å². The average Bonchev–Trinajstić information content (AvgIpc) is 3.07. The van der Waals surface area contributed by atoms with Crippen LogP contribution in [0.2, 0.25) is 5.02 Å². The Kier molecular flexibility index (Phi) is 12.0. The molecule has 0 aliphatic heterocycles. The van der Waals surface area contributed by atoms with Gasteiger partial charge in [0.2, 0.25) is 5.91 Å². The summed E-state index contributed by atoms with van der Waals surface area (Å²) in [6, 6.07) is 9.18. The largest absolute Gasteiger partial charge is 0.491 e. The van der Waals surface area contributed by atoms with Gasteiger partial charge in [-0.25, -0.2) is 27.4 Å². The van der Waals surface area contributed by atoms with Crippen molar-refractivity contribution in [3.05, 3.63) is 88.8 Å². The van der Waals surface area contributed by atoms with Crippen molar-refractivity contribution in [2.75, 3.05) is 23.5 Å². The van der Waals surface area contributed by atoms with Crippen LogP contribution >= 0.6 is 11.6 Å². The minimum absolute atomic E-state index is 0.00560. The number of nitrogen functional groups attached to an aromatic ring is 1. The highest BCUT2D eigenvalue weighted by atomic mass is 35.5. The van der Waals surface area contributed by atoms with Gasteiger partial charge in [0.1, 0.15) is 17.7 Å². The van der Waals surface area contributed by atoms with Crippen LogP contribution in [0.1, 0.15) is 43.5 Å². The van der Waals surface area contributed by atoms with Gasteiger partial charge in [0.25, 0.3) is 0 Å². The number of hydrogen-bond acceptors (Lipinski definition) is 11. The zero-order valence-electron chi connectivity index (χ0n) is 27.4. The van der Waals surface area contributed by atoms with E-state index in [9.17, 15) is 40.8 Å². The first kappa shape index (κ1) is 39.3. The van der Waals surface area contributed by atoms with Gasteiger partial charge in [-0.1, -0.05) is 11.6 Å². The number of ether oxygens (including phenoxy) is 2. The van der Waals surface area contributed by atoms with Crippen molar-refractivity contribution in [3.63, 3.8) is 0 Å². The van der Waals surface area contributed by atoms with Gasteiger partial charge in [-0.3, -0.25) is 14.9 Å². The van der Waals surface area contributed by atoms with E-state index in [4.69, 9.17) is 17.3 Å². The van der Waals surface area contributed by atoms with Crippen molar-refractivity contribution in [2.45, 2.75) is 48.7 Å². The molecule has 52 heavy (non-hydrogen) atoms. The summed E-state index contributed by atoms with van der Waals surface area (Å²) in [6.07, 6.45) is -6.40. The van der Waals surface area contributed by atoms with Crippen molar-refractivity contribution in [3.8, 4) is 0 Å². The maximum Gasteiger partial charge on any atom is 0.491 e. The first-order chi connectivity index (χ1) is 24.3. The number of nitrogens with zero attached hydrogens (tertiary/aromatic N) is 1. The number of sulfone groups is 1. The number of anilines is 3. The highest BCUT2D eigenvalue weighted by Crippen LogP contribution is 2.34. The molecule has 19 heteroatoms. The Morgan fingerprint density at radius 3 is 2.31 bits per heavy atom. The molecule has 4 rings (SSSR count). The third-order valence-electron chi connectivity index (χ3n) is 7.51. The molecule has 13 nitrogen and oxygen atoms in total. The summed E-state index contributed by atoms with van der Waals surface area (Å²) >= 11 is 6.15. The van der Waals surface area contributed by atoms with E-state index in [1.165, 1.54) is 32.2 Å². The van der Waals surface area contributed by atoms with E-state index in [0.717, 1.165) is 37.4 Å². The molecule has 5 N–H and O–H groups in total. The summed E-state index contributed by atoms with van der Waals surface area (Å²) in [7, 11) is -3.25. The Morgan fingerprint density at radius 2 is 1.65 bits per heavy atom. The summed E-state index contributed by atoms with van der Waals surface area (Å²) in [4.78, 5) is 54.1. The SMILES string of the molecule is COC(=O)Nc1ccc(S(=O)(=O)C(C)C)c([C@@H](CC(=O)OC(=O)C(F)(F)F)NC(=O)[C@H](Nc2ccc3c(N)nccc3c2)c2cc(Cl)ccc2F)c1. The predicted octanol–water partition coefficient (Wildman–Crippen LogP) is 6.00. The molecule has 1 aromatic heterocycles. The van der Waals surface area contributed by atoms with Crippen LogP contribution in [-0.2, 0) is 33.7 Å². The normalized spacial score (nSPS) is 12.9. The summed E-state index contributed by atoms with van der Waals surface area (Å²) < 4.78 is 89.9. The Balaban J connectivity index is 1.87. The van der Waals surface area contributed by atoms with Crippen LogP contribution in [0.5, 0.6) is 0 Å². The van der Waals surface area contributed by atoms with E-state index in [0.29, 0.717) is 10.8 Å². The summed E-state index contributed by atoms with van der Waals surface area (Å²) in [5, 5.41) is 7.56. The fourth-order valence-corrected chi connectivity index (χ4v) is 6.40. The topological polar surface area (TPSA) is 196 Å². The second kappa shape index (κ2) is 15.8. The summed E-state index contributed by atoms with van der Waals surface area (Å²) in [5.41, 5.74) is 5.31. The Hall–Kier alpha value is -5.49. The average molecular weight is 768 g/mol. The van der Waals surface area contributed by atoms with Gasteiger partial charge in [-0.05, 0) is 85.5 Å². The lowest BCUT2D eigenvalue weighted by atomic mass is 10.00. The van der Waals surface area contributed by atoms with Gasteiger partial charge in [0.05, 0.1) is 29.7 Å². The standard InChI is InChI=1S/C33H30ClF4N5O8S/c1-16(2)52(48,49)26-9-6-20(42-32(47)50-3)14-23(26)25(15-27(44)51-31(46)33(36,37)38)43-30(45)28(22-13-18(34)4-8-24(22)35)41-19-5-7-21-17(12-19)10-11-40-29(21)39/h4-14,16,25,28,41H,15H2,1-3H3,(H2,39,40)(H,42,47)(H,43,45)/t25-,28-/m1/s1. The van der Waals surface area contributed by atoms with E-state index in [2.05, 4.69) is 30.4 Å². The molecule has 0 spiro atoms. The molecule has 2 amide bonds. The third kappa shape index (κ3) is 9.24. The smallest absolute Gasteiger partial charge is 0.453 e. The minimum Gasteiger partial charge on any atom is -0.453 e. The van der Waals surface area contributed by atoms with Crippen LogP contribution in [0.3, 0.4) is 0 Å². The molecular formula is C33H30ClF4N5O8S. The third-order valence-corrected chi connectivity index (χ3v) is 9.97. The van der Waals surface area contributed by atoms with Crippen LogP contribution in [0.4, 0.5) is 39.5 Å². The lowest BCUT2D eigenvalue weighted by Crippen LogP contribution is -2.39. The maximum atomic E-state index is 15.4. The van der Waals surface area contributed by atoms with Crippen molar-refractivity contribution in [1.29, 1.82) is 0 Å². The molecule has 0 unspecified atom stereocenters. The number of alkyl halides is 3. The molecule has 0 aliphatic rings. The van der Waals surface area contributed by atoms with Gasteiger partial charge in [-0.2, -0.15) is 13.2 Å². The molecule has 4 aromatic rings. The van der Waals surface area contributed by atoms with Crippen molar-refractivity contribution in [2.24, 2.45) is 0 Å². The number of pyridine rings is 1. The number of aromatic nitrogens is 1. The second-order valence-electron chi connectivity index (χ2n) is 11.4. The monoisotopic (exact) mass is 767 g/mol. The van der Waals surface area contributed by atoms with Crippen LogP contribution < -0.4 is 21.7 Å². The van der Waals surface area contributed by atoms with E-state index >= 15 is 4.39 Å². The number of carbonyl (C=O) groups excluding carboxylic acids is 4. The number of rotatable bonds is 11. The molecule has 3 aromatic carbocycles. The molecule has 0 saturated carbocycles. The van der Waals surface area contributed by atoms with Crippen molar-refractivity contribution >= 4 is 73.3 Å². The Bertz CT molecular complexity index is 2150. The van der Waals surface area contributed by atoms with E-state index < -0.39 is 80.0 Å². The quantitative estimate of drug-likeness (QED) is 0.0794. The highest BCUT2D eigenvalue weighted by molar-refractivity contribution is 7.92. The molecule has 0 fully saturated rings. The maximum absolute atomic E-state index is 15.4. The van der Waals surface area contributed by atoms with E-state index in [1.54, 1.807) is 18.2 Å². The molecule has 0 radical (unpaired) electrons. The minimum atomic E-state index is -5.58.